The zero-order valence-electron chi connectivity index (χ0n) is 14.0. The van der Waals surface area contributed by atoms with Gasteiger partial charge < -0.3 is 10.2 Å². The molecule has 3 rings (SSSR count). The molecule has 7 nitrogen and oxygen atoms in total. The number of rotatable bonds is 5. The van der Waals surface area contributed by atoms with Crippen molar-refractivity contribution >= 4 is 32.6 Å². The van der Waals surface area contributed by atoms with Gasteiger partial charge in [-0.15, -0.1) is 0 Å². The highest BCUT2D eigenvalue weighted by Gasteiger charge is 2.15. The van der Waals surface area contributed by atoms with Crippen LogP contribution in [0.4, 0.5) is 11.6 Å². The number of pyridine rings is 2. The quantitative estimate of drug-likeness (QED) is 0.724. The minimum Gasteiger partial charge on any atom is -0.365 e. The van der Waals surface area contributed by atoms with Crippen molar-refractivity contribution in [1.29, 1.82) is 0 Å². The van der Waals surface area contributed by atoms with E-state index in [-0.39, 0.29) is 10.7 Å². The van der Waals surface area contributed by atoms with E-state index in [1.165, 1.54) is 18.3 Å². The Labute approximate surface area is 146 Å². The summed E-state index contributed by atoms with van der Waals surface area (Å²) in [6, 6.07) is 12.7. The molecule has 0 saturated carbocycles. The summed E-state index contributed by atoms with van der Waals surface area (Å²) in [4.78, 5) is 10.6. The SMILES string of the molecule is CN(C)c1cc(CNc2ncccc2S(N)(=O)=O)c2ccccc2n1. The lowest BCUT2D eigenvalue weighted by atomic mass is 10.1. The summed E-state index contributed by atoms with van der Waals surface area (Å²) in [5, 5.41) is 9.33. The molecule has 0 saturated heterocycles. The Balaban J connectivity index is 2.00. The molecular weight excluding hydrogens is 338 g/mol. The molecular formula is C17H19N5O2S. The molecule has 0 radical (unpaired) electrons. The van der Waals surface area contributed by atoms with Crippen LogP contribution in [0.2, 0.25) is 0 Å². The van der Waals surface area contributed by atoms with Crippen molar-refractivity contribution in [2.75, 3.05) is 24.3 Å². The van der Waals surface area contributed by atoms with Crippen LogP contribution in [0.15, 0.2) is 53.6 Å². The lowest BCUT2D eigenvalue weighted by Gasteiger charge is -2.16. The monoisotopic (exact) mass is 357 g/mol. The largest absolute Gasteiger partial charge is 0.365 e. The first-order valence-electron chi connectivity index (χ1n) is 7.64. The molecule has 2 aromatic heterocycles. The molecule has 1 aromatic carbocycles. The van der Waals surface area contributed by atoms with Gasteiger partial charge in [0.1, 0.15) is 16.5 Å². The maximum atomic E-state index is 11.7. The highest BCUT2D eigenvalue weighted by atomic mass is 32.2. The molecule has 0 unspecified atom stereocenters. The van der Waals surface area contributed by atoms with E-state index in [9.17, 15) is 8.42 Å². The van der Waals surface area contributed by atoms with Gasteiger partial charge in [0.05, 0.1) is 5.52 Å². The lowest BCUT2D eigenvalue weighted by molar-refractivity contribution is 0.597. The first kappa shape index (κ1) is 17.1. The van der Waals surface area contributed by atoms with Gasteiger partial charge in [-0.1, -0.05) is 18.2 Å². The molecule has 2 heterocycles. The maximum absolute atomic E-state index is 11.7. The Kier molecular flexibility index (Phi) is 4.56. The normalized spacial score (nSPS) is 11.5. The van der Waals surface area contributed by atoms with Crippen molar-refractivity contribution in [3.05, 3.63) is 54.2 Å². The third-order valence-electron chi connectivity index (χ3n) is 3.77. The Morgan fingerprint density at radius 3 is 2.64 bits per heavy atom. The first-order chi connectivity index (χ1) is 11.9. The van der Waals surface area contributed by atoms with Crippen LogP contribution in [-0.4, -0.2) is 32.5 Å². The number of aromatic nitrogens is 2. The molecule has 0 fully saturated rings. The van der Waals surface area contributed by atoms with E-state index in [0.717, 1.165) is 22.3 Å². The summed E-state index contributed by atoms with van der Waals surface area (Å²) in [6.45, 7) is 0.392. The molecule has 3 N–H and O–H groups in total. The van der Waals surface area contributed by atoms with Crippen LogP contribution in [0.3, 0.4) is 0 Å². The number of fused-ring (bicyclic) bond motifs is 1. The average Bonchev–Trinajstić information content (AvgIpc) is 2.58. The Morgan fingerprint density at radius 2 is 1.92 bits per heavy atom. The molecule has 0 aliphatic heterocycles. The molecule has 0 amide bonds. The minimum absolute atomic E-state index is 0.0267. The number of primary sulfonamides is 1. The zero-order chi connectivity index (χ0) is 18.0. The highest BCUT2D eigenvalue weighted by Crippen LogP contribution is 2.24. The Hall–Kier alpha value is -2.71. The molecule has 0 spiro atoms. The summed E-state index contributed by atoms with van der Waals surface area (Å²) in [5.41, 5.74) is 1.86. The summed E-state index contributed by atoms with van der Waals surface area (Å²) in [6.07, 6.45) is 1.52. The molecule has 0 atom stereocenters. The van der Waals surface area contributed by atoms with Crippen LogP contribution < -0.4 is 15.4 Å². The van der Waals surface area contributed by atoms with Crippen LogP contribution in [0.1, 0.15) is 5.56 Å². The van der Waals surface area contributed by atoms with Crippen molar-refractivity contribution in [1.82, 2.24) is 9.97 Å². The number of hydrogen-bond donors (Lipinski definition) is 2. The number of nitrogens with one attached hydrogen (secondary N) is 1. The smallest absolute Gasteiger partial charge is 0.241 e. The van der Waals surface area contributed by atoms with Crippen LogP contribution in [-0.2, 0) is 16.6 Å². The van der Waals surface area contributed by atoms with E-state index in [1.54, 1.807) is 0 Å². The van der Waals surface area contributed by atoms with Gasteiger partial charge in [0.25, 0.3) is 0 Å². The van der Waals surface area contributed by atoms with Crippen LogP contribution in [0.5, 0.6) is 0 Å². The van der Waals surface area contributed by atoms with Crippen molar-refractivity contribution < 1.29 is 8.42 Å². The number of sulfonamides is 1. The number of hydrogen-bond acceptors (Lipinski definition) is 6. The Bertz CT molecular complexity index is 1020. The van der Waals surface area contributed by atoms with E-state index in [2.05, 4.69) is 15.3 Å². The second-order valence-electron chi connectivity index (χ2n) is 5.80. The van der Waals surface area contributed by atoms with Gasteiger partial charge in [0.2, 0.25) is 10.0 Å². The molecule has 3 aromatic rings. The molecule has 0 aliphatic carbocycles. The van der Waals surface area contributed by atoms with Gasteiger partial charge in [0, 0.05) is 32.2 Å². The fourth-order valence-corrected chi connectivity index (χ4v) is 3.20. The highest BCUT2D eigenvalue weighted by molar-refractivity contribution is 7.89. The van der Waals surface area contributed by atoms with E-state index in [1.807, 2.05) is 49.3 Å². The van der Waals surface area contributed by atoms with Crippen LogP contribution in [0.25, 0.3) is 10.9 Å². The van der Waals surface area contributed by atoms with E-state index in [0.29, 0.717) is 6.54 Å². The lowest BCUT2D eigenvalue weighted by Crippen LogP contribution is -2.16. The first-order valence-corrected chi connectivity index (χ1v) is 9.18. The van der Waals surface area contributed by atoms with Crippen LogP contribution in [0, 0.1) is 0 Å². The molecule has 8 heteroatoms. The second kappa shape index (κ2) is 6.66. The minimum atomic E-state index is -3.85. The number of para-hydroxylation sites is 1. The van der Waals surface area contributed by atoms with Gasteiger partial charge in [-0.3, -0.25) is 0 Å². The fraction of sp³-hybridized carbons (Fsp3) is 0.176. The third-order valence-corrected chi connectivity index (χ3v) is 4.71. The molecule has 0 aliphatic rings. The number of anilines is 2. The maximum Gasteiger partial charge on any atom is 0.241 e. The molecule has 130 valence electrons. The Morgan fingerprint density at radius 1 is 1.16 bits per heavy atom. The summed E-state index contributed by atoms with van der Waals surface area (Å²) in [5.74, 6) is 1.06. The van der Waals surface area contributed by atoms with Crippen molar-refractivity contribution in [2.45, 2.75) is 11.4 Å². The van der Waals surface area contributed by atoms with Crippen molar-refractivity contribution in [3.63, 3.8) is 0 Å². The van der Waals surface area contributed by atoms with Crippen molar-refractivity contribution in [2.24, 2.45) is 5.14 Å². The number of nitrogens with two attached hydrogens (primary N) is 1. The van der Waals surface area contributed by atoms with Crippen molar-refractivity contribution in [3.8, 4) is 0 Å². The van der Waals surface area contributed by atoms with Gasteiger partial charge in [-0.2, -0.15) is 0 Å². The zero-order valence-corrected chi connectivity index (χ0v) is 14.8. The number of benzene rings is 1. The summed E-state index contributed by atoms with van der Waals surface area (Å²) < 4.78 is 23.4. The second-order valence-corrected chi connectivity index (χ2v) is 7.33. The number of nitrogens with zero attached hydrogens (tertiary/aromatic N) is 3. The topological polar surface area (TPSA) is 101 Å². The predicted molar refractivity (Wildman–Crippen MR) is 99.0 cm³/mol. The average molecular weight is 357 g/mol. The van der Waals surface area contributed by atoms with Gasteiger partial charge in [0.15, 0.2) is 0 Å². The third kappa shape index (κ3) is 3.70. The van der Waals surface area contributed by atoms with E-state index < -0.39 is 10.0 Å². The van der Waals surface area contributed by atoms with Gasteiger partial charge in [-0.25, -0.2) is 23.5 Å². The summed E-state index contributed by atoms with van der Waals surface area (Å²) >= 11 is 0. The predicted octanol–water partition coefficient (Wildman–Crippen LogP) is 1.96. The standard InChI is InChI=1S/C17H19N5O2S/c1-22(2)16-10-12(13-6-3-4-7-14(13)21-16)11-20-17-15(25(18,23)24)8-5-9-19-17/h3-10H,11H2,1-2H3,(H,19,20)(H2,18,23,24). The molecule has 0 bridgehead atoms. The van der Waals surface area contributed by atoms with Crippen LogP contribution >= 0.6 is 0 Å². The van der Waals surface area contributed by atoms with E-state index >= 15 is 0 Å². The fourth-order valence-electron chi connectivity index (χ4n) is 2.54. The van der Waals surface area contributed by atoms with Gasteiger partial charge >= 0.3 is 0 Å². The molecule has 25 heavy (non-hydrogen) atoms. The van der Waals surface area contributed by atoms with E-state index in [4.69, 9.17) is 5.14 Å². The van der Waals surface area contributed by atoms with Gasteiger partial charge in [-0.05, 0) is 29.8 Å². The summed E-state index contributed by atoms with van der Waals surface area (Å²) in [7, 11) is -0.00196.